The molecule has 2 heteroatoms. The maximum atomic E-state index is 5.82. The lowest BCUT2D eigenvalue weighted by molar-refractivity contribution is 0.493. The van der Waals surface area contributed by atoms with Gasteiger partial charge < -0.3 is 4.90 Å². The van der Waals surface area contributed by atoms with E-state index in [1.165, 1.54) is 0 Å². The Balaban J connectivity index is 2.63. The van der Waals surface area contributed by atoms with E-state index < -0.39 is 0 Å². The molecule has 0 fully saturated rings. The molecule has 0 amide bonds. The van der Waals surface area contributed by atoms with Gasteiger partial charge in [0, 0.05) is 12.4 Å². The highest BCUT2D eigenvalue weighted by Crippen LogP contribution is 2.07. The number of nitrogens with zero attached hydrogens (tertiary/aromatic N) is 1. The number of rotatable bonds is 1. The predicted molar refractivity (Wildman–Crippen MR) is 44.6 cm³/mol. The van der Waals surface area contributed by atoms with Crippen LogP contribution in [0.3, 0.4) is 0 Å². The molecule has 0 aromatic heterocycles. The highest BCUT2D eigenvalue weighted by Gasteiger charge is 2.00. The van der Waals surface area contributed by atoms with Gasteiger partial charge in [0.05, 0.1) is 0 Å². The molecule has 0 N–H and O–H groups in total. The maximum Gasteiger partial charge on any atom is 0.105 e. The smallest absolute Gasteiger partial charge is 0.105 e. The summed E-state index contributed by atoms with van der Waals surface area (Å²) in [5.41, 5.74) is 0.0207. The monoisotopic (exact) mass is 155 g/mol. The lowest BCUT2D eigenvalue weighted by Crippen LogP contribution is -2.15. The van der Waals surface area contributed by atoms with Crippen LogP contribution in [-0.4, -0.2) is 10.4 Å². The van der Waals surface area contributed by atoms with Gasteiger partial charge in [-0.15, -0.1) is 0 Å². The molecule has 1 nitrogen and oxygen atoms in total. The maximum absolute atomic E-state index is 5.82. The van der Waals surface area contributed by atoms with Crippen LogP contribution < -0.4 is 0 Å². The number of allylic oxidation sites excluding steroid dienone is 4. The van der Waals surface area contributed by atoms with Crippen molar-refractivity contribution in [1.29, 1.82) is 0 Å². The Kier molecular flexibility index (Phi) is 2.57. The predicted octanol–water partition coefficient (Wildman–Crippen LogP) is 2.47. The first-order chi connectivity index (χ1) is 4.80. The van der Waals surface area contributed by atoms with Crippen LogP contribution in [0.15, 0.2) is 36.7 Å². The van der Waals surface area contributed by atoms with Gasteiger partial charge in [-0.2, -0.15) is 0 Å². The van der Waals surface area contributed by atoms with E-state index in [1.807, 2.05) is 48.5 Å². The zero-order chi connectivity index (χ0) is 7.40. The second-order valence-electron chi connectivity index (χ2n) is 2.09. The average Bonchev–Trinajstić information content (AvgIpc) is 2.12. The molecule has 1 unspecified atom stereocenters. The molecule has 0 aromatic carbocycles. The standard InChI is InChI=1S/C8H10ClN/c1-8(9)10-6-4-2-3-5-7-10/h2-8H,1H3. The zero-order valence-electron chi connectivity index (χ0n) is 5.87. The summed E-state index contributed by atoms with van der Waals surface area (Å²) in [6.07, 6.45) is 11.7. The summed E-state index contributed by atoms with van der Waals surface area (Å²) in [5.74, 6) is 0. The van der Waals surface area contributed by atoms with Crippen LogP contribution in [0.4, 0.5) is 0 Å². The van der Waals surface area contributed by atoms with E-state index in [4.69, 9.17) is 11.6 Å². The quantitative estimate of drug-likeness (QED) is 0.416. The van der Waals surface area contributed by atoms with Crippen molar-refractivity contribution in [2.24, 2.45) is 0 Å². The Morgan fingerprint density at radius 2 is 1.60 bits per heavy atom. The van der Waals surface area contributed by atoms with Crippen molar-refractivity contribution in [3.8, 4) is 0 Å². The first kappa shape index (κ1) is 7.42. The van der Waals surface area contributed by atoms with Gasteiger partial charge in [0.2, 0.25) is 0 Å². The fourth-order valence-corrected chi connectivity index (χ4v) is 0.843. The summed E-state index contributed by atoms with van der Waals surface area (Å²) in [4.78, 5) is 1.93. The molecule has 0 radical (unpaired) electrons. The first-order valence-electron chi connectivity index (χ1n) is 3.24. The molecular formula is C8H10ClN. The highest BCUT2D eigenvalue weighted by molar-refractivity contribution is 6.20. The van der Waals surface area contributed by atoms with E-state index >= 15 is 0 Å². The molecule has 0 saturated heterocycles. The van der Waals surface area contributed by atoms with Crippen LogP contribution in [0, 0.1) is 0 Å². The third kappa shape index (κ3) is 1.92. The van der Waals surface area contributed by atoms with Gasteiger partial charge in [-0.05, 0) is 19.1 Å². The Morgan fingerprint density at radius 1 is 1.10 bits per heavy atom. The molecule has 1 aliphatic heterocycles. The number of alkyl halides is 1. The second-order valence-corrected chi connectivity index (χ2v) is 2.72. The summed E-state index contributed by atoms with van der Waals surface area (Å²) < 4.78 is 0. The summed E-state index contributed by atoms with van der Waals surface area (Å²) in [6, 6.07) is 0. The zero-order valence-corrected chi connectivity index (χ0v) is 6.62. The van der Waals surface area contributed by atoms with Crippen molar-refractivity contribution in [2.45, 2.75) is 12.4 Å². The normalized spacial score (nSPS) is 19.2. The lowest BCUT2D eigenvalue weighted by atomic mass is 10.5. The molecule has 0 spiro atoms. The van der Waals surface area contributed by atoms with Crippen LogP contribution in [0.2, 0.25) is 0 Å². The minimum atomic E-state index is 0.0207. The fourth-order valence-electron chi connectivity index (χ4n) is 0.713. The molecular weight excluding hydrogens is 146 g/mol. The van der Waals surface area contributed by atoms with Crippen molar-refractivity contribution in [2.75, 3.05) is 0 Å². The van der Waals surface area contributed by atoms with Gasteiger partial charge in [0.1, 0.15) is 5.50 Å². The number of hydrogen-bond donors (Lipinski definition) is 0. The summed E-state index contributed by atoms with van der Waals surface area (Å²) in [7, 11) is 0. The largest absolute Gasteiger partial charge is 0.338 e. The van der Waals surface area contributed by atoms with Gasteiger partial charge in [-0.1, -0.05) is 23.8 Å². The van der Waals surface area contributed by atoms with Crippen LogP contribution in [0.25, 0.3) is 0 Å². The van der Waals surface area contributed by atoms with Gasteiger partial charge in [0.15, 0.2) is 0 Å². The molecule has 1 aliphatic rings. The van der Waals surface area contributed by atoms with E-state index in [0.29, 0.717) is 0 Å². The third-order valence-electron chi connectivity index (χ3n) is 1.26. The molecule has 0 saturated carbocycles. The van der Waals surface area contributed by atoms with Crippen LogP contribution in [-0.2, 0) is 0 Å². The fraction of sp³-hybridized carbons (Fsp3) is 0.250. The summed E-state index contributed by atoms with van der Waals surface area (Å²) >= 11 is 5.82. The summed E-state index contributed by atoms with van der Waals surface area (Å²) in [5, 5.41) is 0. The summed E-state index contributed by atoms with van der Waals surface area (Å²) in [6.45, 7) is 1.93. The van der Waals surface area contributed by atoms with Gasteiger partial charge >= 0.3 is 0 Å². The van der Waals surface area contributed by atoms with Gasteiger partial charge in [0.25, 0.3) is 0 Å². The minimum absolute atomic E-state index is 0.0207. The molecule has 10 heavy (non-hydrogen) atoms. The molecule has 0 aliphatic carbocycles. The topological polar surface area (TPSA) is 3.24 Å². The van der Waals surface area contributed by atoms with Crippen LogP contribution in [0.5, 0.6) is 0 Å². The highest BCUT2D eigenvalue weighted by atomic mass is 35.5. The first-order valence-corrected chi connectivity index (χ1v) is 3.67. The minimum Gasteiger partial charge on any atom is -0.338 e. The Morgan fingerprint density at radius 3 is 2.00 bits per heavy atom. The van der Waals surface area contributed by atoms with Crippen LogP contribution >= 0.6 is 11.6 Å². The van der Waals surface area contributed by atoms with Crippen molar-refractivity contribution in [3.63, 3.8) is 0 Å². The van der Waals surface area contributed by atoms with Crippen molar-refractivity contribution in [1.82, 2.24) is 4.90 Å². The van der Waals surface area contributed by atoms with E-state index in [2.05, 4.69) is 0 Å². The van der Waals surface area contributed by atoms with Gasteiger partial charge in [-0.25, -0.2) is 0 Å². The SMILES string of the molecule is CC(Cl)N1C=CC=CC=C1. The average molecular weight is 156 g/mol. The van der Waals surface area contributed by atoms with E-state index in [0.717, 1.165) is 0 Å². The van der Waals surface area contributed by atoms with Gasteiger partial charge in [-0.3, -0.25) is 0 Å². The Hall–Kier alpha value is -0.690. The Bertz CT molecular complexity index is 164. The second kappa shape index (κ2) is 3.47. The molecule has 1 atom stereocenters. The number of hydrogen-bond acceptors (Lipinski definition) is 1. The van der Waals surface area contributed by atoms with E-state index in [9.17, 15) is 0 Å². The van der Waals surface area contributed by atoms with Crippen molar-refractivity contribution in [3.05, 3.63) is 36.7 Å². The Labute approximate surface area is 66.3 Å². The molecule has 0 bridgehead atoms. The molecule has 0 aromatic rings. The van der Waals surface area contributed by atoms with E-state index in [-0.39, 0.29) is 5.50 Å². The molecule has 1 rings (SSSR count). The third-order valence-corrected chi connectivity index (χ3v) is 1.49. The van der Waals surface area contributed by atoms with E-state index in [1.54, 1.807) is 0 Å². The number of halogens is 1. The van der Waals surface area contributed by atoms with Crippen molar-refractivity contribution >= 4 is 11.6 Å². The lowest BCUT2D eigenvalue weighted by Gasteiger charge is -2.16. The van der Waals surface area contributed by atoms with Crippen LogP contribution in [0.1, 0.15) is 6.92 Å². The molecule has 54 valence electrons. The molecule has 1 heterocycles. The van der Waals surface area contributed by atoms with Crippen molar-refractivity contribution < 1.29 is 0 Å².